The first-order valence-corrected chi connectivity index (χ1v) is 4.79. The van der Waals surface area contributed by atoms with E-state index in [0.717, 1.165) is 0 Å². The van der Waals surface area contributed by atoms with Crippen molar-refractivity contribution in [3.63, 3.8) is 0 Å². The monoisotopic (exact) mass is 219 g/mol. The van der Waals surface area contributed by atoms with Gasteiger partial charge in [-0.3, -0.25) is 0 Å². The number of aryl methyl sites for hydroxylation is 1. The molecule has 2 heterocycles. The molecule has 7 heteroatoms. The molecule has 0 bridgehead atoms. The maximum atomic E-state index is 8.52. The van der Waals surface area contributed by atoms with Crippen LogP contribution in [0.5, 0.6) is 0 Å². The number of hydrogen-bond donors (Lipinski definition) is 0. The largest absolute Gasteiger partial charge is 0.416 e. The van der Waals surface area contributed by atoms with Crippen molar-refractivity contribution >= 4 is 11.8 Å². The highest BCUT2D eigenvalue weighted by atomic mass is 32.2. The molecular weight excluding hydrogens is 214 g/mol. The fourth-order valence-electron chi connectivity index (χ4n) is 0.836. The Morgan fingerprint density at radius 1 is 1.33 bits per heavy atom. The third kappa shape index (κ3) is 2.30. The molecule has 2 rings (SSSR count). The molecule has 0 saturated carbocycles. The Kier molecular flexibility index (Phi) is 2.60. The second kappa shape index (κ2) is 4.06. The average Bonchev–Trinajstić information content (AvgIpc) is 2.65. The van der Waals surface area contributed by atoms with Crippen molar-refractivity contribution in [1.29, 1.82) is 5.26 Å². The van der Waals surface area contributed by atoms with Crippen molar-refractivity contribution in [2.24, 2.45) is 0 Å². The molecule has 0 aliphatic carbocycles. The minimum Gasteiger partial charge on any atom is -0.416 e. The topological polar surface area (TPSA) is 88.5 Å². The van der Waals surface area contributed by atoms with Crippen LogP contribution in [0.2, 0.25) is 0 Å². The summed E-state index contributed by atoms with van der Waals surface area (Å²) >= 11 is 1.20. The molecule has 0 aliphatic heterocycles. The zero-order valence-corrected chi connectivity index (χ0v) is 8.52. The second-order valence-electron chi connectivity index (χ2n) is 2.54. The Hall–Kier alpha value is -1.94. The van der Waals surface area contributed by atoms with E-state index in [2.05, 4.69) is 20.2 Å². The van der Waals surface area contributed by atoms with Gasteiger partial charge < -0.3 is 4.42 Å². The van der Waals surface area contributed by atoms with Gasteiger partial charge in [-0.25, -0.2) is 9.97 Å². The molecule has 0 amide bonds. The summed E-state index contributed by atoms with van der Waals surface area (Å²) in [4.78, 5) is 7.87. The summed E-state index contributed by atoms with van der Waals surface area (Å²) in [6.45, 7) is 1.71. The van der Waals surface area contributed by atoms with Gasteiger partial charge in [-0.05, 0) is 11.8 Å². The highest BCUT2D eigenvalue weighted by molar-refractivity contribution is 7.99. The molecule has 0 atom stereocenters. The van der Waals surface area contributed by atoms with Crippen LogP contribution < -0.4 is 0 Å². The first kappa shape index (κ1) is 9.61. The van der Waals surface area contributed by atoms with E-state index in [0.29, 0.717) is 16.1 Å². The molecule has 0 N–H and O–H groups in total. The zero-order valence-electron chi connectivity index (χ0n) is 7.71. The molecule has 2 aromatic heterocycles. The molecule has 74 valence electrons. The molecule has 0 saturated heterocycles. The number of aromatic nitrogens is 4. The van der Waals surface area contributed by atoms with Crippen molar-refractivity contribution in [2.75, 3.05) is 0 Å². The van der Waals surface area contributed by atoms with Gasteiger partial charge in [0.1, 0.15) is 11.1 Å². The fraction of sp³-hybridized carbons (Fsp3) is 0.125. The zero-order chi connectivity index (χ0) is 10.7. The van der Waals surface area contributed by atoms with E-state index in [-0.39, 0.29) is 5.69 Å². The van der Waals surface area contributed by atoms with Gasteiger partial charge in [0.05, 0.1) is 12.4 Å². The third-order valence-corrected chi connectivity index (χ3v) is 2.20. The Morgan fingerprint density at radius 2 is 2.20 bits per heavy atom. The van der Waals surface area contributed by atoms with Crippen LogP contribution in [-0.2, 0) is 0 Å². The highest BCUT2D eigenvalue weighted by Crippen LogP contribution is 2.23. The van der Waals surface area contributed by atoms with Gasteiger partial charge in [-0.1, -0.05) is 0 Å². The summed E-state index contributed by atoms with van der Waals surface area (Å²) in [7, 11) is 0. The SMILES string of the molecule is Cc1nnc(Sc2cnc(C#N)cn2)o1. The quantitative estimate of drug-likeness (QED) is 0.749. The minimum absolute atomic E-state index is 0.279. The molecule has 2 aromatic rings. The maximum absolute atomic E-state index is 8.52. The van der Waals surface area contributed by atoms with Crippen LogP contribution >= 0.6 is 11.8 Å². The van der Waals surface area contributed by atoms with E-state index < -0.39 is 0 Å². The van der Waals surface area contributed by atoms with Crippen LogP contribution in [0, 0.1) is 18.3 Å². The van der Waals surface area contributed by atoms with Gasteiger partial charge in [0, 0.05) is 6.92 Å². The standard InChI is InChI=1S/C8H5N5OS/c1-5-12-13-8(14-5)15-7-4-10-6(2-9)3-11-7/h3-4H,1H3. The van der Waals surface area contributed by atoms with Crippen molar-refractivity contribution in [2.45, 2.75) is 17.2 Å². The molecule has 6 nitrogen and oxygen atoms in total. The Balaban J connectivity index is 2.15. The smallest absolute Gasteiger partial charge is 0.282 e. The average molecular weight is 219 g/mol. The first-order chi connectivity index (χ1) is 7.28. The van der Waals surface area contributed by atoms with Crippen molar-refractivity contribution in [3.05, 3.63) is 24.0 Å². The van der Waals surface area contributed by atoms with E-state index >= 15 is 0 Å². The summed E-state index contributed by atoms with van der Waals surface area (Å²) in [6.07, 6.45) is 2.88. The Morgan fingerprint density at radius 3 is 2.73 bits per heavy atom. The lowest BCUT2D eigenvalue weighted by atomic mass is 10.5. The molecule has 0 spiro atoms. The molecule has 0 fully saturated rings. The summed E-state index contributed by atoms with van der Waals surface area (Å²) in [6, 6.07) is 1.89. The van der Waals surface area contributed by atoms with E-state index in [9.17, 15) is 0 Å². The molecule has 0 aliphatic rings. The van der Waals surface area contributed by atoms with Crippen LogP contribution in [0.3, 0.4) is 0 Å². The van der Waals surface area contributed by atoms with E-state index in [1.54, 1.807) is 6.92 Å². The van der Waals surface area contributed by atoms with Crippen molar-refractivity contribution < 1.29 is 4.42 Å². The van der Waals surface area contributed by atoms with Crippen molar-refractivity contribution in [1.82, 2.24) is 20.2 Å². The third-order valence-electron chi connectivity index (χ3n) is 1.44. The second-order valence-corrected chi connectivity index (χ2v) is 3.51. The summed E-state index contributed by atoms with van der Waals surface area (Å²) in [5.74, 6) is 0.499. The predicted octanol–water partition coefficient (Wildman–Crippen LogP) is 1.19. The molecule has 0 radical (unpaired) electrons. The van der Waals surface area contributed by atoms with Gasteiger partial charge >= 0.3 is 0 Å². The van der Waals surface area contributed by atoms with Crippen LogP contribution in [0.4, 0.5) is 0 Å². The van der Waals surface area contributed by atoms with Crippen LogP contribution in [0.25, 0.3) is 0 Å². The lowest BCUT2D eigenvalue weighted by Gasteiger charge is -1.93. The first-order valence-electron chi connectivity index (χ1n) is 3.98. The Bertz CT molecular complexity index is 500. The normalized spacial score (nSPS) is 9.87. The number of nitrogens with zero attached hydrogens (tertiary/aromatic N) is 5. The summed E-state index contributed by atoms with van der Waals surface area (Å²) < 4.78 is 5.15. The van der Waals surface area contributed by atoms with Crippen LogP contribution in [0.1, 0.15) is 11.6 Å². The van der Waals surface area contributed by atoms with Gasteiger partial charge in [0.2, 0.25) is 5.89 Å². The predicted molar refractivity (Wildman–Crippen MR) is 49.9 cm³/mol. The number of rotatable bonds is 2. The molecule has 15 heavy (non-hydrogen) atoms. The molecule has 0 aromatic carbocycles. The fourth-order valence-corrected chi connectivity index (χ4v) is 1.47. The van der Waals surface area contributed by atoms with Crippen molar-refractivity contribution in [3.8, 4) is 6.07 Å². The van der Waals surface area contributed by atoms with E-state index in [1.165, 1.54) is 24.2 Å². The molecule has 0 unspecified atom stereocenters. The lowest BCUT2D eigenvalue weighted by Crippen LogP contribution is -1.86. The number of nitriles is 1. The highest BCUT2D eigenvalue weighted by Gasteiger charge is 2.06. The Labute approximate surface area is 89.4 Å². The van der Waals surface area contributed by atoms with Crippen LogP contribution in [0.15, 0.2) is 27.1 Å². The van der Waals surface area contributed by atoms with Gasteiger partial charge in [0.15, 0.2) is 5.69 Å². The lowest BCUT2D eigenvalue weighted by molar-refractivity contribution is 0.429. The maximum Gasteiger partial charge on any atom is 0.282 e. The molecular formula is C8H5N5OS. The minimum atomic E-state index is 0.279. The summed E-state index contributed by atoms with van der Waals surface area (Å²) in [5.41, 5.74) is 0.279. The van der Waals surface area contributed by atoms with Gasteiger partial charge in [0.25, 0.3) is 5.22 Å². The van der Waals surface area contributed by atoms with Gasteiger partial charge in [-0.15, -0.1) is 10.2 Å². The van der Waals surface area contributed by atoms with Crippen LogP contribution in [-0.4, -0.2) is 20.2 Å². The summed E-state index contributed by atoms with van der Waals surface area (Å²) in [5, 5.41) is 17.0. The van der Waals surface area contributed by atoms with E-state index in [4.69, 9.17) is 9.68 Å². The number of hydrogen-bond acceptors (Lipinski definition) is 7. The van der Waals surface area contributed by atoms with Gasteiger partial charge in [-0.2, -0.15) is 5.26 Å². The van der Waals surface area contributed by atoms with E-state index in [1.807, 2.05) is 6.07 Å².